The molecule has 2 heterocycles. The zero-order valence-electron chi connectivity index (χ0n) is 11.3. The lowest BCUT2D eigenvalue weighted by Crippen LogP contribution is -1.96. The number of fused-ring (bicyclic) bond motifs is 3. The van der Waals surface area contributed by atoms with Crippen LogP contribution in [0, 0.1) is 0 Å². The first-order valence-electron chi connectivity index (χ1n) is 6.18. The third-order valence-corrected chi connectivity index (χ3v) is 4.00. The van der Waals surface area contributed by atoms with Gasteiger partial charge in [0.25, 0.3) is 0 Å². The van der Waals surface area contributed by atoms with Gasteiger partial charge < -0.3 is 9.84 Å². The van der Waals surface area contributed by atoms with E-state index in [4.69, 9.17) is 4.74 Å². The Hall–Kier alpha value is -1.85. The molecule has 1 N–H and O–H groups in total. The fourth-order valence-electron chi connectivity index (χ4n) is 2.33. The Morgan fingerprint density at radius 3 is 2.85 bits per heavy atom. The standard InChI is InChI=1S/C15H14N2O2S/c1-19-11-6-9-4-3-5-16-14(9)15-13(11)12(20-2)7-10(8-18)17-15/h3-7,18H,8H2,1-2H3. The van der Waals surface area contributed by atoms with Crippen LogP contribution in [0.2, 0.25) is 0 Å². The molecule has 0 amide bonds. The van der Waals surface area contributed by atoms with E-state index in [9.17, 15) is 5.11 Å². The van der Waals surface area contributed by atoms with Gasteiger partial charge in [0.2, 0.25) is 0 Å². The van der Waals surface area contributed by atoms with Crippen LogP contribution in [0.25, 0.3) is 21.8 Å². The van der Waals surface area contributed by atoms with E-state index in [1.807, 2.05) is 30.5 Å². The normalized spacial score (nSPS) is 11.2. The molecule has 0 atom stereocenters. The molecular weight excluding hydrogens is 272 g/mol. The Morgan fingerprint density at radius 2 is 2.15 bits per heavy atom. The lowest BCUT2D eigenvalue weighted by molar-refractivity contribution is 0.277. The molecule has 102 valence electrons. The van der Waals surface area contributed by atoms with Crippen LogP contribution in [-0.2, 0) is 6.61 Å². The van der Waals surface area contributed by atoms with Gasteiger partial charge in [0.05, 0.1) is 30.3 Å². The average Bonchev–Trinajstić information content (AvgIpc) is 2.52. The second kappa shape index (κ2) is 5.26. The highest BCUT2D eigenvalue weighted by Gasteiger charge is 2.14. The zero-order valence-corrected chi connectivity index (χ0v) is 12.1. The van der Waals surface area contributed by atoms with E-state index in [1.54, 1.807) is 25.1 Å². The summed E-state index contributed by atoms with van der Waals surface area (Å²) in [7, 11) is 1.65. The maximum atomic E-state index is 9.39. The number of aliphatic hydroxyl groups excluding tert-OH is 1. The number of nitrogens with zero attached hydrogens (tertiary/aromatic N) is 2. The van der Waals surface area contributed by atoms with Crippen molar-refractivity contribution in [3.63, 3.8) is 0 Å². The van der Waals surface area contributed by atoms with Crippen LogP contribution in [0.3, 0.4) is 0 Å². The average molecular weight is 286 g/mol. The van der Waals surface area contributed by atoms with Gasteiger partial charge in [-0.15, -0.1) is 11.8 Å². The third kappa shape index (κ3) is 1.99. The second-order valence-corrected chi connectivity index (χ2v) is 5.20. The summed E-state index contributed by atoms with van der Waals surface area (Å²) < 4.78 is 5.51. The molecule has 0 saturated carbocycles. The van der Waals surface area contributed by atoms with Crippen LogP contribution in [0.4, 0.5) is 0 Å². The summed E-state index contributed by atoms with van der Waals surface area (Å²) in [6.45, 7) is -0.0883. The van der Waals surface area contributed by atoms with Crippen molar-refractivity contribution in [3.8, 4) is 5.75 Å². The number of benzene rings is 1. The molecule has 0 aliphatic carbocycles. The highest BCUT2D eigenvalue weighted by atomic mass is 32.2. The molecule has 0 radical (unpaired) electrons. The maximum absolute atomic E-state index is 9.39. The molecule has 0 bridgehead atoms. The van der Waals surface area contributed by atoms with Gasteiger partial charge in [0, 0.05) is 16.5 Å². The van der Waals surface area contributed by atoms with Crippen LogP contribution in [0.15, 0.2) is 35.4 Å². The third-order valence-electron chi connectivity index (χ3n) is 3.23. The first-order valence-corrected chi connectivity index (χ1v) is 7.41. The summed E-state index contributed by atoms with van der Waals surface area (Å²) in [5.74, 6) is 0.779. The van der Waals surface area contributed by atoms with E-state index in [-0.39, 0.29) is 6.61 Å². The molecule has 3 aromatic rings. The smallest absolute Gasteiger partial charge is 0.130 e. The Labute approximate surface area is 120 Å². The predicted octanol–water partition coefficient (Wildman–Crippen LogP) is 3.01. The van der Waals surface area contributed by atoms with Crippen LogP contribution < -0.4 is 4.74 Å². The van der Waals surface area contributed by atoms with Crippen molar-refractivity contribution in [2.75, 3.05) is 13.4 Å². The molecule has 20 heavy (non-hydrogen) atoms. The van der Waals surface area contributed by atoms with Crippen LogP contribution in [0.5, 0.6) is 5.75 Å². The summed E-state index contributed by atoms with van der Waals surface area (Å²) in [5, 5.41) is 11.3. The second-order valence-electron chi connectivity index (χ2n) is 4.35. The van der Waals surface area contributed by atoms with E-state index in [0.717, 1.165) is 32.5 Å². The van der Waals surface area contributed by atoms with Gasteiger partial charge in [-0.3, -0.25) is 4.98 Å². The Morgan fingerprint density at radius 1 is 1.30 bits per heavy atom. The van der Waals surface area contributed by atoms with Gasteiger partial charge in [-0.25, -0.2) is 4.98 Å². The molecule has 0 aliphatic rings. The highest BCUT2D eigenvalue weighted by Crippen LogP contribution is 2.37. The van der Waals surface area contributed by atoms with Crippen LogP contribution >= 0.6 is 11.8 Å². The summed E-state index contributed by atoms with van der Waals surface area (Å²) >= 11 is 1.61. The van der Waals surface area contributed by atoms with Crippen molar-refractivity contribution < 1.29 is 9.84 Å². The minimum absolute atomic E-state index is 0.0883. The number of aliphatic hydroxyl groups is 1. The number of pyridine rings is 2. The minimum atomic E-state index is -0.0883. The SMILES string of the molecule is COc1cc2cccnc2c2nc(CO)cc(SC)c12. The largest absolute Gasteiger partial charge is 0.496 e. The molecule has 0 spiro atoms. The quantitative estimate of drug-likeness (QED) is 0.592. The molecule has 3 rings (SSSR count). The number of thioether (sulfide) groups is 1. The van der Waals surface area contributed by atoms with Gasteiger partial charge in [0.15, 0.2) is 0 Å². The maximum Gasteiger partial charge on any atom is 0.130 e. The number of ether oxygens (including phenoxy) is 1. The van der Waals surface area contributed by atoms with E-state index < -0.39 is 0 Å². The summed E-state index contributed by atoms with van der Waals surface area (Å²) in [6.07, 6.45) is 3.75. The molecule has 0 fully saturated rings. The van der Waals surface area contributed by atoms with Crippen molar-refractivity contribution >= 4 is 33.6 Å². The number of aromatic nitrogens is 2. The highest BCUT2D eigenvalue weighted by molar-refractivity contribution is 7.98. The Balaban J connectivity index is 2.54. The summed E-state index contributed by atoms with van der Waals surface area (Å²) in [4.78, 5) is 9.99. The molecule has 4 nitrogen and oxygen atoms in total. The van der Waals surface area contributed by atoms with Crippen molar-refractivity contribution in [1.82, 2.24) is 9.97 Å². The van der Waals surface area contributed by atoms with Gasteiger partial charge in [-0.05, 0) is 24.5 Å². The number of hydrogen-bond acceptors (Lipinski definition) is 5. The molecule has 0 aliphatic heterocycles. The summed E-state index contributed by atoms with van der Waals surface area (Å²) in [5.41, 5.74) is 2.24. The van der Waals surface area contributed by atoms with Crippen molar-refractivity contribution in [2.24, 2.45) is 0 Å². The molecule has 0 unspecified atom stereocenters. The molecule has 5 heteroatoms. The zero-order chi connectivity index (χ0) is 14.1. The fourth-order valence-corrected chi connectivity index (χ4v) is 2.99. The van der Waals surface area contributed by atoms with E-state index in [1.165, 1.54) is 0 Å². The van der Waals surface area contributed by atoms with Crippen molar-refractivity contribution in [3.05, 3.63) is 36.2 Å². The topological polar surface area (TPSA) is 55.2 Å². The van der Waals surface area contributed by atoms with Crippen molar-refractivity contribution in [1.29, 1.82) is 0 Å². The first kappa shape index (κ1) is 13.1. The van der Waals surface area contributed by atoms with Crippen LogP contribution in [-0.4, -0.2) is 28.4 Å². The van der Waals surface area contributed by atoms with Gasteiger partial charge in [0.1, 0.15) is 11.3 Å². The van der Waals surface area contributed by atoms with E-state index in [0.29, 0.717) is 5.69 Å². The molecular formula is C15H14N2O2S. The van der Waals surface area contributed by atoms with Crippen LogP contribution in [0.1, 0.15) is 5.69 Å². The molecule has 1 aromatic carbocycles. The lowest BCUT2D eigenvalue weighted by atomic mass is 10.1. The van der Waals surface area contributed by atoms with Gasteiger partial charge in [-0.2, -0.15) is 0 Å². The minimum Gasteiger partial charge on any atom is -0.496 e. The number of rotatable bonds is 3. The van der Waals surface area contributed by atoms with Crippen molar-refractivity contribution in [2.45, 2.75) is 11.5 Å². The number of hydrogen-bond donors (Lipinski definition) is 1. The Kier molecular flexibility index (Phi) is 3.46. The lowest BCUT2D eigenvalue weighted by Gasteiger charge is -2.12. The molecule has 0 saturated heterocycles. The monoisotopic (exact) mass is 286 g/mol. The van der Waals surface area contributed by atoms with Gasteiger partial charge in [-0.1, -0.05) is 6.07 Å². The summed E-state index contributed by atoms with van der Waals surface area (Å²) in [6, 6.07) is 7.74. The van der Waals surface area contributed by atoms with E-state index in [2.05, 4.69) is 9.97 Å². The van der Waals surface area contributed by atoms with Gasteiger partial charge >= 0.3 is 0 Å². The Bertz CT molecular complexity index is 790. The fraction of sp³-hybridized carbons (Fsp3) is 0.200. The predicted molar refractivity (Wildman–Crippen MR) is 81.3 cm³/mol. The number of methoxy groups -OCH3 is 1. The molecule has 2 aromatic heterocycles. The first-order chi connectivity index (χ1) is 9.78. The van der Waals surface area contributed by atoms with E-state index >= 15 is 0 Å².